The lowest BCUT2D eigenvalue weighted by Crippen LogP contribution is -2.29. The summed E-state index contributed by atoms with van der Waals surface area (Å²) in [6.45, 7) is 8.12. The summed E-state index contributed by atoms with van der Waals surface area (Å²) in [5.41, 5.74) is 3.33. The first kappa shape index (κ1) is 33.4. The van der Waals surface area contributed by atoms with Crippen molar-refractivity contribution in [2.45, 2.75) is 59.6 Å². The fourth-order valence-electron chi connectivity index (χ4n) is 5.50. The molecule has 1 N–H and O–H groups in total. The number of anilines is 1. The normalized spacial score (nSPS) is 15.6. The van der Waals surface area contributed by atoms with Gasteiger partial charge in [0.25, 0.3) is 5.78 Å². The molecule has 9 nitrogen and oxygen atoms in total. The van der Waals surface area contributed by atoms with E-state index in [4.69, 9.17) is 14.2 Å². The van der Waals surface area contributed by atoms with Crippen LogP contribution in [0.15, 0.2) is 72.3 Å². The van der Waals surface area contributed by atoms with Crippen LogP contribution < -0.4 is 19.1 Å². The highest BCUT2D eigenvalue weighted by molar-refractivity contribution is 7.18. The van der Waals surface area contributed by atoms with Crippen molar-refractivity contribution in [3.63, 3.8) is 0 Å². The number of thiazole rings is 1. The predicted molar refractivity (Wildman–Crippen MR) is 182 cm³/mol. The van der Waals surface area contributed by atoms with E-state index in [1.807, 2.05) is 31.2 Å². The number of aromatic nitrogens is 1. The molecule has 1 amide bonds. The molecule has 1 aliphatic rings. The number of hydrogen-bond acceptors (Lipinski definition) is 9. The number of hydrogen-bond donors (Lipinski definition) is 1. The van der Waals surface area contributed by atoms with Gasteiger partial charge in [-0.25, -0.2) is 4.98 Å². The zero-order valence-corrected chi connectivity index (χ0v) is 28.0. The minimum absolute atomic E-state index is 0.112. The third-order valence-electron chi connectivity index (χ3n) is 7.88. The summed E-state index contributed by atoms with van der Waals surface area (Å²) < 4.78 is 17.5. The molecule has 3 aromatic carbocycles. The molecule has 5 rings (SSSR count). The number of aliphatic hydroxyl groups is 1. The molecule has 1 atom stereocenters. The maximum Gasteiger partial charge on any atom is 0.301 e. The third kappa shape index (κ3) is 7.23. The van der Waals surface area contributed by atoms with Crippen LogP contribution >= 0.6 is 11.3 Å². The molecule has 0 saturated carbocycles. The number of benzene rings is 3. The number of Topliss-reactive ketones (excluding diaryl/α,β-unsaturated/α-hetero) is 2. The molecule has 2 heterocycles. The van der Waals surface area contributed by atoms with E-state index in [0.717, 1.165) is 41.7 Å². The van der Waals surface area contributed by atoms with Gasteiger partial charge in [0.2, 0.25) is 0 Å². The molecule has 1 unspecified atom stereocenters. The molecule has 0 spiro atoms. The molecule has 1 saturated heterocycles. The molecule has 0 radical (unpaired) electrons. The topological polar surface area (TPSA) is 115 Å². The lowest BCUT2D eigenvalue weighted by atomic mass is 9.95. The minimum Gasteiger partial charge on any atom is -0.507 e. The first-order valence-electron chi connectivity index (χ1n) is 15.5. The molecular weight excluding hydrogens is 616 g/mol. The second kappa shape index (κ2) is 14.6. The van der Waals surface area contributed by atoms with Gasteiger partial charge in [-0.05, 0) is 67.8 Å². The Morgan fingerprint density at radius 3 is 2.40 bits per heavy atom. The van der Waals surface area contributed by atoms with E-state index in [0.29, 0.717) is 52.2 Å². The number of unbranched alkanes of at least 4 members (excludes halogenated alkanes) is 2. The SMILES string of the molecule is CCCCCOc1ccc(C2/C(=C(\O)c3ccc(OCc4cccc(C)c4)cc3)C(=O)C(=O)N2c2nc(C)c(C(C)=O)s2)cc1OC. The van der Waals surface area contributed by atoms with Crippen molar-refractivity contribution >= 4 is 39.7 Å². The molecular formula is C37H38N2O7S. The minimum atomic E-state index is -1.05. The van der Waals surface area contributed by atoms with Gasteiger partial charge in [-0.1, -0.05) is 67.0 Å². The molecule has 1 fully saturated rings. The Labute approximate surface area is 278 Å². The number of aliphatic hydroxyl groups excluding tert-OH is 1. The summed E-state index contributed by atoms with van der Waals surface area (Å²) in [4.78, 5) is 45.8. The lowest BCUT2D eigenvalue weighted by Gasteiger charge is -2.24. The molecule has 10 heteroatoms. The van der Waals surface area contributed by atoms with E-state index in [2.05, 4.69) is 11.9 Å². The maximum atomic E-state index is 13.7. The Balaban J connectivity index is 1.54. The van der Waals surface area contributed by atoms with Gasteiger partial charge < -0.3 is 19.3 Å². The Morgan fingerprint density at radius 2 is 1.74 bits per heavy atom. The fourth-order valence-corrected chi connectivity index (χ4v) is 6.49. The monoisotopic (exact) mass is 654 g/mol. The molecule has 244 valence electrons. The smallest absolute Gasteiger partial charge is 0.301 e. The van der Waals surface area contributed by atoms with Crippen LogP contribution in [-0.2, 0) is 16.2 Å². The summed E-state index contributed by atoms with van der Waals surface area (Å²) >= 11 is 1.03. The van der Waals surface area contributed by atoms with E-state index in [-0.39, 0.29) is 22.2 Å². The largest absolute Gasteiger partial charge is 0.507 e. The number of carbonyl (C=O) groups is 3. The molecule has 1 aromatic heterocycles. The number of rotatable bonds is 13. The van der Waals surface area contributed by atoms with Crippen molar-refractivity contribution in [2.24, 2.45) is 0 Å². The van der Waals surface area contributed by atoms with Crippen LogP contribution in [0.5, 0.6) is 17.2 Å². The molecule has 1 aliphatic heterocycles. The zero-order valence-electron chi connectivity index (χ0n) is 27.2. The zero-order chi connectivity index (χ0) is 33.7. The van der Waals surface area contributed by atoms with E-state index in [1.165, 1.54) is 18.9 Å². The van der Waals surface area contributed by atoms with Gasteiger partial charge in [-0.15, -0.1) is 0 Å². The number of nitrogens with zero attached hydrogens (tertiary/aromatic N) is 2. The summed E-state index contributed by atoms with van der Waals surface area (Å²) in [6.07, 6.45) is 2.98. The second-order valence-electron chi connectivity index (χ2n) is 11.4. The third-order valence-corrected chi connectivity index (χ3v) is 9.14. The number of ketones is 2. The van der Waals surface area contributed by atoms with Crippen molar-refractivity contribution in [3.05, 3.63) is 105 Å². The van der Waals surface area contributed by atoms with Gasteiger partial charge in [0.1, 0.15) is 18.1 Å². The van der Waals surface area contributed by atoms with Crippen LogP contribution in [0.2, 0.25) is 0 Å². The van der Waals surface area contributed by atoms with Crippen molar-refractivity contribution in [1.82, 2.24) is 4.98 Å². The van der Waals surface area contributed by atoms with Crippen LogP contribution in [0.1, 0.15) is 76.8 Å². The number of amides is 1. The number of methoxy groups -OCH3 is 1. The van der Waals surface area contributed by atoms with Crippen LogP contribution in [-0.4, -0.2) is 41.3 Å². The highest BCUT2D eigenvalue weighted by Gasteiger charge is 2.48. The van der Waals surface area contributed by atoms with Gasteiger partial charge in [0, 0.05) is 12.5 Å². The van der Waals surface area contributed by atoms with Crippen LogP contribution in [0.25, 0.3) is 5.76 Å². The fraction of sp³-hybridized carbons (Fsp3) is 0.297. The first-order valence-corrected chi connectivity index (χ1v) is 16.3. The van der Waals surface area contributed by atoms with Crippen molar-refractivity contribution in [3.8, 4) is 17.2 Å². The van der Waals surface area contributed by atoms with Crippen molar-refractivity contribution in [1.29, 1.82) is 0 Å². The Bertz CT molecular complexity index is 1830. The van der Waals surface area contributed by atoms with E-state index in [9.17, 15) is 19.5 Å². The summed E-state index contributed by atoms with van der Waals surface area (Å²) in [5, 5.41) is 11.8. The molecule has 0 aliphatic carbocycles. The Kier molecular flexibility index (Phi) is 10.4. The van der Waals surface area contributed by atoms with Crippen LogP contribution in [0, 0.1) is 13.8 Å². The number of ether oxygens (including phenoxy) is 3. The standard InChI is InChI=1S/C37H38N2O7S/c1-6-7-8-18-45-29-17-14-27(20-30(29)44-5)32-31(34(42)36(43)39(32)37-38-23(3)35(47-37)24(4)40)33(41)26-12-15-28(16-13-26)46-21-25-11-9-10-22(2)19-25/h9-17,19-20,32,41H,6-8,18,21H2,1-5H3/b33-31+. The molecule has 47 heavy (non-hydrogen) atoms. The van der Waals surface area contributed by atoms with Crippen molar-refractivity contribution in [2.75, 3.05) is 18.6 Å². The van der Waals surface area contributed by atoms with Gasteiger partial charge >= 0.3 is 5.91 Å². The Hall–Kier alpha value is -4.96. The quantitative estimate of drug-likeness (QED) is 0.0512. The highest BCUT2D eigenvalue weighted by atomic mass is 32.1. The summed E-state index contributed by atoms with van der Waals surface area (Å²) in [6, 6.07) is 18.8. The van der Waals surface area contributed by atoms with Crippen LogP contribution in [0.3, 0.4) is 0 Å². The second-order valence-corrected chi connectivity index (χ2v) is 12.4. The van der Waals surface area contributed by atoms with Gasteiger partial charge in [0.05, 0.1) is 35.9 Å². The maximum absolute atomic E-state index is 13.7. The number of carbonyl (C=O) groups excluding carboxylic acids is 3. The highest BCUT2D eigenvalue weighted by Crippen LogP contribution is 2.45. The van der Waals surface area contributed by atoms with Crippen molar-refractivity contribution < 1.29 is 33.7 Å². The van der Waals surface area contributed by atoms with E-state index < -0.39 is 17.7 Å². The van der Waals surface area contributed by atoms with Gasteiger partial charge in [-0.2, -0.15) is 0 Å². The van der Waals surface area contributed by atoms with Crippen LogP contribution in [0.4, 0.5) is 5.13 Å². The molecule has 0 bridgehead atoms. The van der Waals surface area contributed by atoms with E-state index in [1.54, 1.807) is 49.4 Å². The van der Waals surface area contributed by atoms with Gasteiger partial charge in [-0.3, -0.25) is 19.3 Å². The van der Waals surface area contributed by atoms with E-state index >= 15 is 0 Å². The average Bonchev–Trinajstić information content (AvgIpc) is 3.58. The summed E-state index contributed by atoms with van der Waals surface area (Å²) in [7, 11) is 1.51. The first-order chi connectivity index (χ1) is 22.6. The predicted octanol–water partition coefficient (Wildman–Crippen LogP) is 7.75. The van der Waals surface area contributed by atoms with Gasteiger partial charge in [0.15, 0.2) is 22.4 Å². The average molecular weight is 655 g/mol. The number of aryl methyl sites for hydroxylation is 2. The lowest BCUT2D eigenvalue weighted by molar-refractivity contribution is -0.132. The Morgan fingerprint density at radius 1 is 0.979 bits per heavy atom. The molecule has 4 aromatic rings. The summed E-state index contributed by atoms with van der Waals surface area (Å²) in [5.74, 6) is -0.764.